The Morgan fingerprint density at radius 2 is 1.71 bits per heavy atom. The highest BCUT2D eigenvalue weighted by atomic mass is 16.7. The second-order valence-electron chi connectivity index (χ2n) is 7.77. The minimum Gasteiger partial charge on any atom is -0.486 e. The smallest absolute Gasteiger partial charge is 0.231 e. The molecule has 0 aromatic heterocycles. The van der Waals surface area contributed by atoms with Gasteiger partial charge in [0.1, 0.15) is 13.2 Å². The lowest BCUT2D eigenvalue weighted by Gasteiger charge is -2.25. The van der Waals surface area contributed by atoms with Gasteiger partial charge >= 0.3 is 0 Å². The highest BCUT2D eigenvalue weighted by Gasteiger charge is 2.37. The molecule has 1 saturated heterocycles. The van der Waals surface area contributed by atoms with Crippen molar-refractivity contribution in [3.63, 3.8) is 0 Å². The molecule has 31 heavy (non-hydrogen) atoms. The average molecular weight is 424 g/mol. The summed E-state index contributed by atoms with van der Waals surface area (Å²) in [5, 5.41) is 0. The first kappa shape index (κ1) is 19.5. The number of amides is 2. The van der Waals surface area contributed by atoms with Gasteiger partial charge in [-0.15, -0.1) is 0 Å². The summed E-state index contributed by atoms with van der Waals surface area (Å²) in [6.45, 7) is 4.53. The lowest BCUT2D eigenvalue weighted by Crippen LogP contribution is -2.37. The number of hydrogen-bond acceptors (Lipinski definition) is 6. The Hall–Kier alpha value is -3.42. The Labute approximate surface area is 180 Å². The summed E-state index contributed by atoms with van der Waals surface area (Å²) >= 11 is 0. The van der Waals surface area contributed by atoms with Crippen molar-refractivity contribution in [1.29, 1.82) is 0 Å². The molecular formula is C23H24N2O6. The Balaban J connectivity index is 1.28. The van der Waals surface area contributed by atoms with Gasteiger partial charge in [-0.1, -0.05) is 6.07 Å². The second-order valence-corrected chi connectivity index (χ2v) is 7.77. The van der Waals surface area contributed by atoms with E-state index in [4.69, 9.17) is 18.9 Å². The van der Waals surface area contributed by atoms with E-state index in [9.17, 15) is 9.59 Å². The van der Waals surface area contributed by atoms with Crippen LogP contribution in [0.4, 0.5) is 5.69 Å². The number of anilines is 1. The second kappa shape index (κ2) is 8.02. The lowest BCUT2D eigenvalue weighted by atomic mass is 10.1. The number of carbonyl (C=O) groups excluding carboxylic acids is 2. The number of carbonyl (C=O) groups is 2. The van der Waals surface area contributed by atoms with Crippen molar-refractivity contribution in [1.82, 2.24) is 4.90 Å². The third kappa shape index (κ3) is 3.73. The number of hydrogen-bond donors (Lipinski definition) is 0. The first-order valence-electron chi connectivity index (χ1n) is 10.5. The lowest BCUT2D eigenvalue weighted by molar-refractivity contribution is -0.136. The van der Waals surface area contributed by atoms with Gasteiger partial charge in [-0.05, 0) is 36.8 Å². The average Bonchev–Trinajstić information content (AvgIpc) is 3.42. The van der Waals surface area contributed by atoms with Crippen molar-refractivity contribution in [2.75, 3.05) is 38.0 Å². The number of fused-ring (bicyclic) bond motifs is 2. The third-order valence-electron chi connectivity index (χ3n) is 5.82. The van der Waals surface area contributed by atoms with Crippen molar-refractivity contribution in [3.05, 3.63) is 42.0 Å². The summed E-state index contributed by atoms with van der Waals surface area (Å²) in [6.07, 6.45) is 0.199. The van der Waals surface area contributed by atoms with E-state index in [0.717, 1.165) is 17.0 Å². The SMILES string of the molecule is CCN(Cc1ccc2c(c1)OCO2)C(=O)C1CC(=O)N(c2ccc3c(c2)OCCO3)C1. The molecule has 0 radical (unpaired) electrons. The first-order chi connectivity index (χ1) is 15.1. The van der Waals surface area contributed by atoms with Gasteiger partial charge < -0.3 is 28.7 Å². The van der Waals surface area contributed by atoms with E-state index in [0.29, 0.717) is 50.1 Å². The van der Waals surface area contributed by atoms with Crippen LogP contribution in [0.5, 0.6) is 23.0 Å². The minimum atomic E-state index is -0.380. The zero-order valence-electron chi connectivity index (χ0n) is 17.3. The molecule has 3 heterocycles. The highest BCUT2D eigenvalue weighted by Crippen LogP contribution is 2.36. The van der Waals surface area contributed by atoms with Gasteiger partial charge in [-0.25, -0.2) is 0 Å². The zero-order valence-corrected chi connectivity index (χ0v) is 17.3. The van der Waals surface area contributed by atoms with Gasteiger partial charge in [-0.2, -0.15) is 0 Å². The molecule has 0 bridgehead atoms. The van der Waals surface area contributed by atoms with Crippen LogP contribution in [-0.4, -0.2) is 49.8 Å². The fraction of sp³-hybridized carbons (Fsp3) is 0.391. The van der Waals surface area contributed by atoms with Crippen LogP contribution in [-0.2, 0) is 16.1 Å². The van der Waals surface area contributed by atoms with Gasteiger partial charge in [0.25, 0.3) is 0 Å². The molecule has 3 aliphatic heterocycles. The number of nitrogens with zero attached hydrogens (tertiary/aromatic N) is 2. The van der Waals surface area contributed by atoms with E-state index in [1.165, 1.54) is 0 Å². The van der Waals surface area contributed by atoms with E-state index >= 15 is 0 Å². The molecule has 5 rings (SSSR count). The summed E-state index contributed by atoms with van der Waals surface area (Å²) in [5.41, 5.74) is 1.69. The molecule has 0 spiro atoms. The minimum absolute atomic E-state index is 0.0199. The summed E-state index contributed by atoms with van der Waals surface area (Å²) in [4.78, 5) is 29.4. The Morgan fingerprint density at radius 3 is 2.55 bits per heavy atom. The molecule has 0 aliphatic carbocycles. The maximum atomic E-state index is 13.2. The maximum Gasteiger partial charge on any atom is 0.231 e. The monoisotopic (exact) mass is 424 g/mol. The Bertz CT molecular complexity index is 1020. The van der Waals surface area contributed by atoms with Crippen molar-refractivity contribution >= 4 is 17.5 Å². The zero-order chi connectivity index (χ0) is 21.4. The van der Waals surface area contributed by atoms with E-state index in [1.807, 2.05) is 43.3 Å². The molecule has 8 nitrogen and oxygen atoms in total. The van der Waals surface area contributed by atoms with Crippen molar-refractivity contribution < 1.29 is 28.5 Å². The normalized spacial score (nSPS) is 18.9. The largest absolute Gasteiger partial charge is 0.486 e. The predicted octanol–water partition coefficient (Wildman–Crippen LogP) is 2.59. The van der Waals surface area contributed by atoms with E-state index in [1.54, 1.807) is 9.80 Å². The summed E-state index contributed by atoms with van der Waals surface area (Å²) < 4.78 is 22.0. The van der Waals surface area contributed by atoms with Crippen LogP contribution < -0.4 is 23.8 Å². The fourth-order valence-electron chi connectivity index (χ4n) is 4.19. The van der Waals surface area contributed by atoms with Crippen LogP contribution in [0.25, 0.3) is 0 Å². The van der Waals surface area contributed by atoms with Crippen LogP contribution in [0.3, 0.4) is 0 Å². The van der Waals surface area contributed by atoms with Gasteiger partial charge in [0.05, 0.1) is 5.92 Å². The molecular weight excluding hydrogens is 400 g/mol. The van der Waals surface area contributed by atoms with E-state index in [-0.39, 0.29) is 30.9 Å². The molecule has 162 valence electrons. The van der Waals surface area contributed by atoms with Crippen molar-refractivity contribution in [3.8, 4) is 23.0 Å². The van der Waals surface area contributed by atoms with Crippen molar-refractivity contribution in [2.45, 2.75) is 19.9 Å². The molecule has 8 heteroatoms. The maximum absolute atomic E-state index is 13.2. The van der Waals surface area contributed by atoms with Gasteiger partial charge in [0, 0.05) is 37.8 Å². The van der Waals surface area contributed by atoms with Crippen LogP contribution >= 0.6 is 0 Å². The van der Waals surface area contributed by atoms with Crippen molar-refractivity contribution in [2.24, 2.45) is 5.92 Å². The van der Waals surface area contributed by atoms with E-state index < -0.39 is 0 Å². The first-order valence-corrected chi connectivity index (χ1v) is 10.5. The Kier molecular flexibility index (Phi) is 5.05. The van der Waals surface area contributed by atoms with E-state index in [2.05, 4.69) is 0 Å². The molecule has 1 unspecified atom stereocenters. The van der Waals surface area contributed by atoms with Gasteiger partial charge in [-0.3, -0.25) is 9.59 Å². The summed E-state index contributed by atoms with van der Waals surface area (Å²) in [7, 11) is 0. The molecule has 1 atom stereocenters. The quantitative estimate of drug-likeness (QED) is 0.734. The summed E-state index contributed by atoms with van der Waals surface area (Å²) in [6, 6.07) is 11.2. The Morgan fingerprint density at radius 1 is 1.00 bits per heavy atom. The third-order valence-corrected chi connectivity index (χ3v) is 5.82. The highest BCUT2D eigenvalue weighted by molar-refractivity contribution is 6.00. The van der Waals surface area contributed by atoms with Crippen LogP contribution in [0.15, 0.2) is 36.4 Å². The van der Waals surface area contributed by atoms with Crippen LogP contribution in [0.2, 0.25) is 0 Å². The topological polar surface area (TPSA) is 77.5 Å². The molecule has 2 amide bonds. The molecule has 2 aromatic carbocycles. The number of rotatable bonds is 5. The predicted molar refractivity (Wildman–Crippen MR) is 112 cm³/mol. The fourth-order valence-corrected chi connectivity index (χ4v) is 4.19. The van der Waals surface area contributed by atoms with Gasteiger partial charge in [0.2, 0.25) is 18.6 Å². The van der Waals surface area contributed by atoms with Gasteiger partial charge in [0.15, 0.2) is 23.0 Å². The van der Waals surface area contributed by atoms with Crippen LogP contribution in [0, 0.1) is 5.92 Å². The standard InChI is InChI=1S/C23H24N2O6/c1-2-24(12-15-3-5-19-20(9-15)31-14-30-19)23(27)16-10-22(26)25(13-16)17-4-6-18-21(11-17)29-8-7-28-18/h3-6,9,11,16H,2,7-8,10,12-14H2,1H3. The molecule has 0 saturated carbocycles. The number of benzene rings is 2. The molecule has 0 N–H and O–H groups in total. The summed E-state index contributed by atoms with van der Waals surface area (Å²) in [5.74, 6) is 2.26. The number of ether oxygens (including phenoxy) is 4. The molecule has 2 aromatic rings. The van der Waals surface area contributed by atoms with Crippen LogP contribution in [0.1, 0.15) is 18.9 Å². The molecule has 3 aliphatic rings. The molecule has 1 fully saturated rings.